The molecule has 0 aromatic carbocycles. The van der Waals surface area contributed by atoms with E-state index in [-0.39, 0.29) is 11.8 Å². The molecular formula is C19H18N6O. The number of hydrogen-bond donors (Lipinski definition) is 0. The topological polar surface area (TPSA) is 79.2 Å². The van der Waals surface area contributed by atoms with Crippen molar-refractivity contribution >= 4 is 17.1 Å². The van der Waals surface area contributed by atoms with Gasteiger partial charge in [-0.1, -0.05) is 0 Å². The fraction of sp³-hybridized carbons (Fsp3) is 0.368. The summed E-state index contributed by atoms with van der Waals surface area (Å²) in [5.74, 6) is 0.167. The first-order chi connectivity index (χ1) is 12.6. The van der Waals surface area contributed by atoms with E-state index in [0.717, 1.165) is 35.2 Å². The van der Waals surface area contributed by atoms with Gasteiger partial charge in [-0.25, -0.2) is 4.52 Å². The van der Waals surface area contributed by atoms with Gasteiger partial charge in [-0.15, -0.1) is 0 Å². The number of rotatable bonds is 3. The van der Waals surface area contributed by atoms with E-state index >= 15 is 0 Å². The Morgan fingerprint density at radius 2 is 2.12 bits per heavy atom. The fourth-order valence-electron chi connectivity index (χ4n) is 4.07. The molecule has 0 spiro atoms. The minimum absolute atomic E-state index is 0.0558. The van der Waals surface area contributed by atoms with Crippen LogP contribution in [0.4, 0.5) is 5.69 Å². The third-order valence-corrected chi connectivity index (χ3v) is 5.65. The second kappa shape index (κ2) is 5.18. The summed E-state index contributed by atoms with van der Waals surface area (Å²) in [6, 6.07) is 6.23. The molecule has 5 rings (SSSR count). The van der Waals surface area contributed by atoms with Crippen LogP contribution < -0.4 is 4.90 Å². The van der Waals surface area contributed by atoms with Crippen molar-refractivity contribution < 1.29 is 4.79 Å². The van der Waals surface area contributed by atoms with Gasteiger partial charge in [0, 0.05) is 43.3 Å². The van der Waals surface area contributed by atoms with E-state index in [2.05, 4.69) is 16.3 Å². The predicted molar refractivity (Wildman–Crippen MR) is 95.1 cm³/mol. The molecule has 2 fully saturated rings. The van der Waals surface area contributed by atoms with E-state index in [4.69, 9.17) is 0 Å². The lowest BCUT2D eigenvalue weighted by Crippen LogP contribution is -2.35. The molecule has 0 bridgehead atoms. The Bertz CT molecular complexity index is 1070. The number of anilines is 1. The number of aromatic nitrogens is 4. The summed E-state index contributed by atoms with van der Waals surface area (Å²) in [6.07, 6.45) is 9.97. The second-order valence-corrected chi connectivity index (χ2v) is 7.24. The summed E-state index contributed by atoms with van der Waals surface area (Å²) < 4.78 is 3.54. The van der Waals surface area contributed by atoms with E-state index in [0.29, 0.717) is 13.0 Å². The molecule has 4 heterocycles. The predicted octanol–water partition coefficient (Wildman–Crippen LogP) is 2.39. The third-order valence-electron chi connectivity index (χ3n) is 5.65. The molecule has 1 saturated heterocycles. The maximum atomic E-state index is 13.1. The maximum Gasteiger partial charge on any atom is 0.247 e. The number of amides is 1. The van der Waals surface area contributed by atoms with Gasteiger partial charge in [-0.05, 0) is 37.3 Å². The summed E-state index contributed by atoms with van der Waals surface area (Å²) in [7, 11) is 1.88. The molecule has 3 aromatic heterocycles. The van der Waals surface area contributed by atoms with Crippen LogP contribution in [0.5, 0.6) is 0 Å². The van der Waals surface area contributed by atoms with Gasteiger partial charge in [0.15, 0.2) is 0 Å². The lowest BCUT2D eigenvalue weighted by atomic mass is 9.83. The average Bonchev–Trinajstić information content (AvgIpc) is 3.12. The number of carbonyl (C=O) groups is 1. The van der Waals surface area contributed by atoms with Crippen LogP contribution in [0.1, 0.15) is 19.3 Å². The largest absolute Gasteiger partial charge is 0.309 e. The zero-order valence-electron chi connectivity index (χ0n) is 14.5. The van der Waals surface area contributed by atoms with Crippen molar-refractivity contribution in [2.45, 2.75) is 19.3 Å². The molecule has 1 aliphatic heterocycles. The van der Waals surface area contributed by atoms with Gasteiger partial charge in [0.1, 0.15) is 5.41 Å². The summed E-state index contributed by atoms with van der Waals surface area (Å²) in [5.41, 5.74) is 2.85. The van der Waals surface area contributed by atoms with Crippen molar-refractivity contribution in [2.24, 2.45) is 18.4 Å². The van der Waals surface area contributed by atoms with Crippen LogP contribution >= 0.6 is 0 Å². The molecule has 26 heavy (non-hydrogen) atoms. The van der Waals surface area contributed by atoms with Gasteiger partial charge in [-0.2, -0.15) is 15.5 Å². The second-order valence-electron chi connectivity index (χ2n) is 7.24. The van der Waals surface area contributed by atoms with Gasteiger partial charge < -0.3 is 4.90 Å². The fourth-order valence-corrected chi connectivity index (χ4v) is 4.07. The maximum absolute atomic E-state index is 13.1. The minimum atomic E-state index is -0.834. The van der Waals surface area contributed by atoms with Crippen molar-refractivity contribution in [3.8, 4) is 17.2 Å². The van der Waals surface area contributed by atoms with E-state index in [1.807, 2.05) is 37.8 Å². The van der Waals surface area contributed by atoms with Gasteiger partial charge in [0.05, 0.1) is 23.5 Å². The van der Waals surface area contributed by atoms with Crippen molar-refractivity contribution in [1.29, 1.82) is 5.26 Å². The zero-order chi connectivity index (χ0) is 17.9. The zero-order valence-corrected chi connectivity index (χ0v) is 14.5. The number of fused-ring (bicyclic) bond motifs is 1. The first-order valence-corrected chi connectivity index (χ1v) is 8.82. The number of carbonyl (C=O) groups excluding carboxylic acids is 1. The first kappa shape index (κ1) is 15.1. The number of nitriles is 1. The van der Waals surface area contributed by atoms with E-state index in [9.17, 15) is 10.1 Å². The lowest BCUT2D eigenvalue weighted by Gasteiger charge is -2.21. The molecule has 7 heteroatoms. The highest BCUT2D eigenvalue weighted by molar-refractivity contribution is 6.05. The van der Waals surface area contributed by atoms with Crippen molar-refractivity contribution in [1.82, 2.24) is 19.4 Å². The normalized spacial score (nSPS) is 22.9. The van der Waals surface area contributed by atoms with Crippen LogP contribution in [-0.2, 0) is 11.8 Å². The Kier molecular flexibility index (Phi) is 3.02. The molecular weight excluding hydrogens is 328 g/mol. The van der Waals surface area contributed by atoms with Crippen LogP contribution in [0.2, 0.25) is 0 Å². The van der Waals surface area contributed by atoms with Crippen molar-refractivity contribution in [3.05, 3.63) is 36.9 Å². The third kappa shape index (κ3) is 2.02. The molecule has 130 valence electrons. The highest BCUT2D eigenvalue weighted by atomic mass is 16.2. The standard InChI is InChI=1S/C19H18N6O/c1-23-10-14(9-22-23)13-8-17-16(4-6-21-25(17)11-13)24-7-5-19(12-20,18(24)26)15-2-3-15/h4,6,8-11,15H,2-3,5,7H2,1H3/t19-/m0/s1. The molecule has 0 radical (unpaired) electrons. The van der Waals surface area contributed by atoms with E-state index < -0.39 is 5.41 Å². The Hall–Kier alpha value is -3.14. The highest BCUT2D eigenvalue weighted by Crippen LogP contribution is 2.52. The monoisotopic (exact) mass is 346 g/mol. The highest BCUT2D eigenvalue weighted by Gasteiger charge is 2.56. The first-order valence-electron chi connectivity index (χ1n) is 8.82. The Balaban J connectivity index is 1.58. The molecule has 0 N–H and O–H groups in total. The summed E-state index contributed by atoms with van der Waals surface area (Å²) >= 11 is 0. The van der Waals surface area contributed by atoms with Crippen molar-refractivity contribution in [3.63, 3.8) is 0 Å². The lowest BCUT2D eigenvalue weighted by molar-refractivity contribution is -0.123. The van der Waals surface area contributed by atoms with Crippen LogP contribution in [0, 0.1) is 22.7 Å². The Morgan fingerprint density at radius 3 is 2.81 bits per heavy atom. The number of aryl methyl sites for hydroxylation is 1. The smallest absolute Gasteiger partial charge is 0.247 e. The minimum Gasteiger partial charge on any atom is -0.309 e. The summed E-state index contributed by atoms with van der Waals surface area (Å²) in [5, 5.41) is 18.3. The van der Waals surface area contributed by atoms with Crippen LogP contribution in [0.25, 0.3) is 16.6 Å². The quantitative estimate of drug-likeness (QED) is 0.729. The Morgan fingerprint density at radius 1 is 1.27 bits per heavy atom. The number of hydrogen-bond acceptors (Lipinski definition) is 4. The molecule has 1 atom stereocenters. The average molecular weight is 346 g/mol. The molecule has 3 aromatic rings. The SMILES string of the molecule is Cn1cc(-c2cc3c(N4CC[C@](C#N)(C5CC5)C4=O)ccnn3c2)cn1. The van der Waals surface area contributed by atoms with Crippen LogP contribution in [0.3, 0.4) is 0 Å². The molecule has 1 saturated carbocycles. The van der Waals surface area contributed by atoms with Crippen molar-refractivity contribution in [2.75, 3.05) is 11.4 Å². The summed E-state index contributed by atoms with van der Waals surface area (Å²) in [6.45, 7) is 0.579. The van der Waals surface area contributed by atoms with Gasteiger partial charge in [0.25, 0.3) is 0 Å². The van der Waals surface area contributed by atoms with E-state index in [1.165, 1.54) is 0 Å². The molecule has 1 aliphatic carbocycles. The molecule has 0 unspecified atom stereocenters. The van der Waals surface area contributed by atoms with Gasteiger partial charge in [0.2, 0.25) is 5.91 Å². The number of nitrogens with zero attached hydrogens (tertiary/aromatic N) is 6. The van der Waals surface area contributed by atoms with Crippen LogP contribution in [0.15, 0.2) is 36.9 Å². The molecule has 1 amide bonds. The summed E-state index contributed by atoms with van der Waals surface area (Å²) in [4.78, 5) is 14.9. The molecule has 2 aliphatic rings. The van der Waals surface area contributed by atoms with Crippen LogP contribution in [-0.4, -0.2) is 31.8 Å². The molecule has 7 nitrogen and oxygen atoms in total. The van der Waals surface area contributed by atoms with Gasteiger partial charge >= 0.3 is 0 Å². The van der Waals surface area contributed by atoms with Gasteiger partial charge in [-0.3, -0.25) is 9.48 Å². The Labute approximate surface area is 150 Å². The van der Waals surface area contributed by atoms with E-state index in [1.54, 1.807) is 20.3 Å².